The zero-order valence-electron chi connectivity index (χ0n) is 15.7. The van der Waals surface area contributed by atoms with E-state index < -0.39 is 10.0 Å². The van der Waals surface area contributed by atoms with Crippen molar-refractivity contribution in [1.29, 1.82) is 0 Å². The summed E-state index contributed by atoms with van der Waals surface area (Å²) in [6, 6.07) is 0. The van der Waals surface area contributed by atoms with Gasteiger partial charge in [-0.25, -0.2) is 17.7 Å². The number of nitrogens with one attached hydrogen (secondary N) is 2. The first-order valence-electron chi connectivity index (χ1n) is 8.75. The number of aryl methyl sites for hydroxylation is 1. The van der Waals surface area contributed by atoms with Crippen LogP contribution in [0.3, 0.4) is 0 Å². The maximum Gasteiger partial charge on any atom is 0.211 e. The number of aromatic nitrogens is 1. The molecule has 2 rings (SSSR count). The maximum atomic E-state index is 11.5. The second kappa shape index (κ2) is 11.4. The molecule has 2 N–H and O–H groups in total. The molecule has 0 atom stereocenters. The van der Waals surface area contributed by atoms with E-state index in [1.807, 2.05) is 6.20 Å². The van der Waals surface area contributed by atoms with Crippen LogP contribution in [-0.2, 0) is 22.9 Å². The highest BCUT2D eigenvalue weighted by Gasteiger charge is 2.24. The molecule has 1 aliphatic heterocycles. The minimum Gasteiger partial charge on any atom is -0.356 e. The van der Waals surface area contributed by atoms with Gasteiger partial charge in [0.25, 0.3) is 0 Å². The standard InChI is InChI=1S/C16H29N5O2S2.HI/c1-4-14-12-19-15(24-14)5-8-18-16(17-2)20-11-13-6-9-21(10-7-13)25(3,22)23;/h12-13H,4-11H2,1-3H3,(H2,17,18,20);1H. The molecular weight excluding hydrogens is 485 g/mol. The highest BCUT2D eigenvalue weighted by Crippen LogP contribution is 2.18. The van der Waals surface area contributed by atoms with Crippen molar-refractivity contribution in [2.75, 3.05) is 39.5 Å². The molecular formula is C16H30IN5O2S2. The van der Waals surface area contributed by atoms with Crippen molar-refractivity contribution >= 4 is 51.3 Å². The van der Waals surface area contributed by atoms with E-state index in [0.29, 0.717) is 19.0 Å². The van der Waals surface area contributed by atoms with Crippen LogP contribution in [0.25, 0.3) is 0 Å². The first-order chi connectivity index (χ1) is 11.9. The molecule has 26 heavy (non-hydrogen) atoms. The lowest BCUT2D eigenvalue weighted by molar-refractivity contribution is 0.275. The van der Waals surface area contributed by atoms with E-state index in [0.717, 1.165) is 49.7 Å². The van der Waals surface area contributed by atoms with Crippen molar-refractivity contribution in [3.05, 3.63) is 16.1 Å². The van der Waals surface area contributed by atoms with Crippen LogP contribution in [0.5, 0.6) is 0 Å². The van der Waals surface area contributed by atoms with Crippen LogP contribution < -0.4 is 10.6 Å². The van der Waals surface area contributed by atoms with Crippen molar-refractivity contribution in [2.45, 2.75) is 32.6 Å². The van der Waals surface area contributed by atoms with Crippen LogP contribution >= 0.6 is 35.3 Å². The van der Waals surface area contributed by atoms with E-state index in [1.165, 1.54) is 11.1 Å². The molecule has 1 aromatic rings. The molecule has 1 fully saturated rings. The van der Waals surface area contributed by atoms with Gasteiger partial charge >= 0.3 is 0 Å². The summed E-state index contributed by atoms with van der Waals surface area (Å²) in [5.41, 5.74) is 0. The monoisotopic (exact) mass is 515 g/mol. The molecule has 1 saturated heterocycles. The predicted molar refractivity (Wildman–Crippen MR) is 119 cm³/mol. The van der Waals surface area contributed by atoms with Crippen LogP contribution in [-0.4, -0.2) is 63.1 Å². The van der Waals surface area contributed by atoms with Gasteiger partial charge in [-0.15, -0.1) is 35.3 Å². The van der Waals surface area contributed by atoms with Crippen LogP contribution in [0.4, 0.5) is 0 Å². The third kappa shape index (κ3) is 7.65. The molecule has 0 amide bonds. The van der Waals surface area contributed by atoms with E-state index in [4.69, 9.17) is 0 Å². The second-order valence-electron chi connectivity index (χ2n) is 6.31. The lowest BCUT2D eigenvalue weighted by Crippen LogP contribution is -2.44. The van der Waals surface area contributed by atoms with Crippen LogP contribution in [0.1, 0.15) is 29.7 Å². The molecule has 0 radical (unpaired) electrons. The number of hydrogen-bond donors (Lipinski definition) is 2. The largest absolute Gasteiger partial charge is 0.356 e. The van der Waals surface area contributed by atoms with Gasteiger partial charge in [-0.3, -0.25) is 4.99 Å². The van der Waals surface area contributed by atoms with Crippen molar-refractivity contribution in [3.63, 3.8) is 0 Å². The Hall–Kier alpha value is -0.460. The highest BCUT2D eigenvalue weighted by atomic mass is 127. The van der Waals surface area contributed by atoms with Gasteiger partial charge in [0.05, 0.1) is 11.3 Å². The number of piperidine rings is 1. The fourth-order valence-electron chi connectivity index (χ4n) is 2.82. The Balaban J connectivity index is 0.00000338. The highest BCUT2D eigenvalue weighted by molar-refractivity contribution is 14.0. The molecule has 2 heterocycles. The zero-order valence-corrected chi connectivity index (χ0v) is 19.7. The molecule has 0 aliphatic carbocycles. The first kappa shape index (κ1) is 23.6. The minimum absolute atomic E-state index is 0. The summed E-state index contributed by atoms with van der Waals surface area (Å²) in [5, 5.41) is 7.81. The Morgan fingerprint density at radius 2 is 2.08 bits per heavy atom. The zero-order chi connectivity index (χ0) is 18.3. The first-order valence-corrected chi connectivity index (χ1v) is 11.4. The molecule has 0 aromatic carbocycles. The average Bonchev–Trinajstić information content (AvgIpc) is 3.05. The van der Waals surface area contributed by atoms with Crippen molar-refractivity contribution in [2.24, 2.45) is 10.9 Å². The Labute approximate surface area is 178 Å². The smallest absolute Gasteiger partial charge is 0.211 e. The summed E-state index contributed by atoms with van der Waals surface area (Å²) < 4.78 is 24.6. The van der Waals surface area contributed by atoms with Gasteiger partial charge < -0.3 is 10.6 Å². The van der Waals surface area contributed by atoms with Crippen LogP contribution in [0.2, 0.25) is 0 Å². The second-order valence-corrected chi connectivity index (χ2v) is 9.49. The SMILES string of the molecule is CCc1cnc(CCNC(=NC)NCC2CCN(S(C)(=O)=O)CC2)s1.I. The molecule has 10 heteroatoms. The normalized spacial score (nSPS) is 17.0. The number of halogens is 1. The van der Waals surface area contributed by atoms with Crippen LogP contribution in [0, 0.1) is 5.92 Å². The lowest BCUT2D eigenvalue weighted by Gasteiger charge is -2.30. The van der Waals surface area contributed by atoms with Crippen molar-refractivity contribution in [3.8, 4) is 0 Å². The van der Waals surface area contributed by atoms with E-state index in [9.17, 15) is 8.42 Å². The third-order valence-corrected chi connectivity index (χ3v) is 6.91. The molecule has 0 unspecified atom stereocenters. The average molecular weight is 515 g/mol. The number of nitrogens with zero attached hydrogens (tertiary/aromatic N) is 3. The van der Waals surface area contributed by atoms with Gasteiger partial charge in [0.1, 0.15) is 0 Å². The molecule has 1 aromatic heterocycles. The van der Waals surface area contributed by atoms with E-state index in [1.54, 1.807) is 22.7 Å². The van der Waals surface area contributed by atoms with Crippen LogP contribution in [0.15, 0.2) is 11.2 Å². The van der Waals surface area contributed by atoms with Gasteiger partial charge in [-0.1, -0.05) is 6.92 Å². The van der Waals surface area contributed by atoms with E-state index in [2.05, 4.69) is 27.5 Å². The molecule has 7 nitrogen and oxygen atoms in total. The summed E-state index contributed by atoms with van der Waals surface area (Å²) in [4.78, 5) is 9.99. The van der Waals surface area contributed by atoms with Crippen molar-refractivity contribution in [1.82, 2.24) is 19.9 Å². The topological polar surface area (TPSA) is 86.7 Å². The van der Waals surface area contributed by atoms with Crippen molar-refractivity contribution < 1.29 is 8.42 Å². The minimum atomic E-state index is -3.05. The molecule has 150 valence electrons. The summed E-state index contributed by atoms with van der Waals surface area (Å²) in [6.07, 6.45) is 6.93. The number of guanidine groups is 1. The third-order valence-electron chi connectivity index (χ3n) is 4.41. The van der Waals surface area contributed by atoms with E-state index in [-0.39, 0.29) is 24.0 Å². The number of rotatable bonds is 7. The Morgan fingerprint density at radius 3 is 2.62 bits per heavy atom. The number of sulfonamides is 1. The molecule has 0 saturated carbocycles. The molecule has 0 spiro atoms. The van der Waals surface area contributed by atoms with Gasteiger partial charge in [0, 0.05) is 50.7 Å². The fraction of sp³-hybridized carbons (Fsp3) is 0.750. The molecule has 0 bridgehead atoms. The van der Waals surface area contributed by atoms with Gasteiger partial charge in [-0.05, 0) is 25.2 Å². The number of thiazole rings is 1. The summed E-state index contributed by atoms with van der Waals surface area (Å²) in [7, 11) is -1.29. The summed E-state index contributed by atoms with van der Waals surface area (Å²) >= 11 is 1.77. The van der Waals surface area contributed by atoms with Gasteiger partial charge in [0.15, 0.2) is 5.96 Å². The van der Waals surface area contributed by atoms with E-state index >= 15 is 0 Å². The number of hydrogen-bond acceptors (Lipinski definition) is 5. The van der Waals surface area contributed by atoms with Gasteiger partial charge in [0.2, 0.25) is 10.0 Å². The molecule has 1 aliphatic rings. The summed E-state index contributed by atoms with van der Waals surface area (Å²) in [6.45, 7) is 4.97. The Kier molecular flexibility index (Phi) is 10.3. The van der Waals surface area contributed by atoms with Gasteiger partial charge in [-0.2, -0.15) is 0 Å². The maximum absolute atomic E-state index is 11.5. The Bertz CT molecular complexity index is 670. The number of aliphatic imine (C=N–C) groups is 1. The predicted octanol–water partition coefficient (Wildman–Crippen LogP) is 1.70. The summed E-state index contributed by atoms with van der Waals surface area (Å²) in [5.74, 6) is 1.26. The lowest BCUT2D eigenvalue weighted by atomic mass is 9.98. The quantitative estimate of drug-likeness (QED) is 0.328. The Morgan fingerprint density at radius 1 is 1.38 bits per heavy atom. The fourth-order valence-corrected chi connectivity index (χ4v) is 4.56.